The number of anilines is 2. The Bertz CT molecular complexity index is 4910. The number of H-pyrrole nitrogens is 2. The highest BCUT2D eigenvalue weighted by Crippen LogP contribution is 2.45. The van der Waals surface area contributed by atoms with Gasteiger partial charge in [-0.25, -0.2) is 9.59 Å². The van der Waals surface area contributed by atoms with Crippen LogP contribution in [0.2, 0.25) is 0 Å². The molecule has 0 unspecified atom stereocenters. The number of para-hydroxylation sites is 2. The Morgan fingerprint density at radius 1 is 0.596 bits per heavy atom. The van der Waals surface area contributed by atoms with Gasteiger partial charge in [0.1, 0.15) is 49.5 Å². The predicted molar refractivity (Wildman–Crippen MR) is 360 cm³/mol. The van der Waals surface area contributed by atoms with Gasteiger partial charge in [0.2, 0.25) is 17.5 Å². The molecular formula is C61H58N20O9S4. The summed E-state index contributed by atoms with van der Waals surface area (Å²) in [4.78, 5) is 53.5. The van der Waals surface area contributed by atoms with Crippen molar-refractivity contribution in [1.82, 2.24) is 50.8 Å². The first-order chi connectivity index (χ1) is 45.4. The normalized spacial score (nSPS) is 11.3. The van der Waals surface area contributed by atoms with E-state index < -0.39 is 0 Å². The van der Waals surface area contributed by atoms with Gasteiger partial charge in [-0.15, -0.1) is 96.4 Å². The van der Waals surface area contributed by atoms with Crippen molar-refractivity contribution in [3.8, 4) is 11.5 Å². The molecule has 480 valence electrons. The highest BCUT2D eigenvalue weighted by molar-refractivity contribution is 7.22. The maximum atomic E-state index is 12.2. The number of azo groups is 4. The van der Waals surface area contributed by atoms with Gasteiger partial charge in [-0.2, -0.15) is 45.1 Å². The topological polar surface area (TPSA) is 372 Å². The van der Waals surface area contributed by atoms with Crippen molar-refractivity contribution in [2.24, 2.45) is 48.0 Å². The summed E-state index contributed by atoms with van der Waals surface area (Å²) in [6.45, 7) is 10.3. The highest BCUT2D eigenvalue weighted by Gasteiger charge is 2.20. The van der Waals surface area contributed by atoms with Crippen LogP contribution in [-0.2, 0) is 32.5 Å². The molecule has 0 saturated heterocycles. The van der Waals surface area contributed by atoms with E-state index in [-0.39, 0.29) is 29.9 Å². The zero-order valence-corrected chi connectivity index (χ0v) is 55.2. The van der Waals surface area contributed by atoms with Gasteiger partial charge in [-0.1, -0.05) is 24.2 Å². The number of ether oxygens (including phenoxy) is 2. The van der Waals surface area contributed by atoms with Gasteiger partial charge in [0, 0.05) is 77.9 Å². The monoisotopic (exact) mass is 1340 g/mol. The number of aromatic nitrogens is 10. The maximum Gasteiger partial charge on any atom is 0.373 e. The molecule has 0 aliphatic carbocycles. The van der Waals surface area contributed by atoms with Crippen molar-refractivity contribution in [2.45, 2.75) is 41.0 Å². The molecule has 29 nitrogen and oxygen atoms in total. The highest BCUT2D eigenvalue weighted by atomic mass is 32.1. The minimum atomic E-state index is -0.338. The lowest BCUT2D eigenvalue weighted by Crippen LogP contribution is -2.08. The first-order valence-electron chi connectivity index (χ1n) is 28.3. The third-order valence-corrected chi connectivity index (χ3v) is 17.4. The van der Waals surface area contributed by atoms with Crippen molar-refractivity contribution in [1.29, 1.82) is 0 Å². The number of phenolic OH excluding ortho intramolecular Hbond substituents is 2. The molecule has 13 aromatic rings. The van der Waals surface area contributed by atoms with Crippen LogP contribution in [-0.4, -0.2) is 121 Å². The van der Waals surface area contributed by atoms with Crippen molar-refractivity contribution >= 4 is 172 Å². The fourth-order valence-corrected chi connectivity index (χ4v) is 13.0. The lowest BCUT2D eigenvalue weighted by atomic mass is 10.1. The summed E-state index contributed by atoms with van der Waals surface area (Å²) in [5.41, 5.74) is 7.16. The van der Waals surface area contributed by atoms with E-state index >= 15 is 0 Å². The van der Waals surface area contributed by atoms with Gasteiger partial charge in [0.05, 0.1) is 50.6 Å². The van der Waals surface area contributed by atoms with Crippen LogP contribution in [0.1, 0.15) is 55.4 Å². The summed E-state index contributed by atoms with van der Waals surface area (Å²) >= 11 is 5.86. The average molecular weight is 1340 g/mol. The Kier molecular flexibility index (Phi) is 22.3. The van der Waals surface area contributed by atoms with E-state index in [2.05, 4.69) is 86.9 Å². The standard InChI is InChI=1S/C20H18N4O3S.C15H16N6O2S.C14H15N5OS.C11H9N5OS.CO2/c1-4-26-19(25)17-11-12-15(24(2)3)10-9-14(18(12)28-17)22-23-20-21-13-7-5-6-8-16(13)27-20;1-4-23-15(22)12-7-9-11(21(2)3)6-5-10(14(9)24-12)17-18-13-8-16-20-19-13;1-4-9-6-11(20)10-5-8(2)21-14(10)13(9)17-16-12-7-15-19(3)18-12;1-6-4-7-9(17)3-2-8(11(7)18-6)13-14-10-5-12-16-15-10;2-1-3/h5-11H,4H2,1-3H3;5-8H,4H2,1-3H3,(H,16,19,20);5-7,20H,4H2,1-3H3;2-5,17H,1H3,(H,12,15,16);. The van der Waals surface area contributed by atoms with E-state index in [1.165, 1.54) is 39.9 Å². The van der Waals surface area contributed by atoms with E-state index in [4.69, 9.17) is 23.5 Å². The number of thiophene rings is 4. The summed E-state index contributed by atoms with van der Waals surface area (Å²) in [6.07, 6.45) is 5.55. The van der Waals surface area contributed by atoms with E-state index in [1.807, 2.05) is 132 Å². The maximum absolute atomic E-state index is 12.2. The second kappa shape index (κ2) is 31.2. The van der Waals surface area contributed by atoms with Crippen molar-refractivity contribution in [3.05, 3.63) is 135 Å². The number of aromatic amines is 2. The smallest absolute Gasteiger partial charge is 0.373 e. The van der Waals surface area contributed by atoms with E-state index in [9.17, 15) is 19.8 Å². The van der Waals surface area contributed by atoms with Crippen LogP contribution in [0.15, 0.2) is 155 Å². The minimum absolute atomic E-state index is 0.188. The van der Waals surface area contributed by atoms with Crippen molar-refractivity contribution < 1.29 is 43.3 Å². The van der Waals surface area contributed by atoms with Gasteiger partial charge in [0.25, 0.3) is 0 Å². The molecule has 0 atom stereocenters. The molecule has 0 fully saturated rings. The third-order valence-electron chi connectivity index (χ3n) is 13.0. The molecule has 0 bridgehead atoms. The molecule has 0 aliphatic heterocycles. The average Bonchev–Trinajstić information content (AvgIpc) is 1.64. The van der Waals surface area contributed by atoms with E-state index in [0.717, 1.165) is 84.7 Å². The number of hydrogen-bond donors (Lipinski definition) is 4. The molecule has 33 heteroatoms. The number of nitrogens with zero attached hydrogens (tertiary/aromatic N) is 18. The van der Waals surface area contributed by atoms with Gasteiger partial charge in [-0.05, 0) is 119 Å². The number of esters is 2. The number of carbonyl (C=O) groups excluding carboxylic acids is 4. The van der Waals surface area contributed by atoms with Crippen LogP contribution in [0, 0.1) is 13.8 Å². The van der Waals surface area contributed by atoms with Crippen LogP contribution in [0.5, 0.6) is 11.5 Å². The quantitative estimate of drug-likeness (QED) is 0.0547. The lowest BCUT2D eigenvalue weighted by Gasteiger charge is -2.14. The summed E-state index contributed by atoms with van der Waals surface area (Å²) in [5.74, 6) is 1.16. The molecule has 0 spiro atoms. The van der Waals surface area contributed by atoms with Crippen LogP contribution >= 0.6 is 45.3 Å². The zero-order chi connectivity index (χ0) is 67.0. The first-order valence-corrected chi connectivity index (χ1v) is 31.6. The Labute approximate surface area is 549 Å². The Balaban J connectivity index is 0.000000147. The molecular weight excluding hydrogens is 1290 g/mol. The van der Waals surface area contributed by atoms with Crippen LogP contribution in [0.25, 0.3) is 51.4 Å². The van der Waals surface area contributed by atoms with Gasteiger partial charge in [0.15, 0.2) is 5.58 Å². The summed E-state index contributed by atoms with van der Waals surface area (Å²) in [7, 11) is 9.55. The summed E-state index contributed by atoms with van der Waals surface area (Å²) in [6, 6.07) is 28.0. The molecule has 0 radical (unpaired) electrons. The fraction of sp³-hybridized carbons (Fsp3) is 0.213. The molecule has 0 saturated carbocycles. The third kappa shape index (κ3) is 16.3. The molecule has 8 aromatic heterocycles. The molecule has 4 N–H and O–H groups in total. The number of fused-ring (bicyclic) bond motifs is 5. The Morgan fingerprint density at radius 2 is 1.10 bits per heavy atom. The molecule has 0 amide bonds. The number of aromatic hydroxyl groups is 2. The number of rotatable bonds is 15. The van der Waals surface area contributed by atoms with Crippen LogP contribution in [0.4, 0.5) is 57.6 Å². The second-order valence-electron chi connectivity index (χ2n) is 19.9. The molecule has 8 heterocycles. The SMILES string of the molecule is CCOC(=O)c1cc2c(N(C)C)ccc(N=Nc3cn[nH]n3)c2s1.CCOC(=O)c1cc2c(N(C)C)ccc(N=Nc3nc4ccccc4o3)c2s1.CCc1cc(O)c2cc(C)sc2c1N=Nc1cnn(C)n1.Cc1cc2c(O)ccc(N=Nc3cn[nH]n3)c2s1.O=C=O. The number of carbonyl (C=O) groups is 2. The summed E-state index contributed by atoms with van der Waals surface area (Å²) < 4.78 is 19.4. The van der Waals surface area contributed by atoms with E-state index in [1.54, 1.807) is 68.0 Å². The van der Waals surface area contributed by atoms with Gasteiger partial charge in [-0.3, -0.25) is 0 Å². The minimum Gasteiger partial charge on any atom is -0.507 e. The number of benzene rings is 5. The number of hydrogen-bond acceptors (Lipinski definition) is 30. The Morgan fingerprint density at radius 3 is 1.59 bits per heavy atom. The summed E-state index contributed by atoms with van der Waals surface area (Å²) in [5, 5.41) is 84.7. The van der Waals surface area contributed by atoms with Gasteiger partial charge >= 0.3 is 24.1 Å². The van der Waals surface area contributed by atoms with Crippen LogP contribution < -0.4 is 9.80 Å². The molecule has 94 heavy (non-hydrogen) atoms. The van der Waals surface area contributed by atoms with E-state index in [0.29, 0.717) is 68.8 Å². The van der Waals surface area contributed by atoms with Crippen LogP contribution in [0.3, 0.4) is 0 Å². The number of phenols is 2. The molecule has 5 aromatic carbocycles. The van der Waals surface area contributed by atoms with Crippen molar-refractivity contribution in [2.75, 3.05) is 51.2 Å². The number of aryl methyl sites for hydroxylation is 4. The predicted octanol–water partition coefficient (Wildman–Crippen LogP) is 16.3. The first kappa shape index (κ1) is 67.2. The largest absolute Gasteiger partial charge is 0.507 e. The van der Waals surface area contributed by atoms with Gasteiger partial charge < -0.3 is 33.9 Å². The number of nitrogens with one attached hydrogen (secondary N) is 2. The second-order valence-corrected chi connectivity index (χ2v) is 24.5. The zero-order valence-electron chi connectivity index (χ0n) is 51.9. The number of oxazole rings is 1. The fourth-order valence-electron chi connectivity index (χ4n) is 8.93. The lowest BCUT2D eigenvalue weighted by molar-refractivity contribution is -0.191. The Hall–Kier alpha value is -11.2. The van der Waals surface area contributed by atoms with Crippen molar-refractivity contribution in [3.63, 3.8) is 0 Å². The molecule has 13 rings (SSSR count). The molecule has 0 aliphatic rings.